The zero-order chi connectivity index (χ0) is 26.6. The van der Waals surface area contributed by atoms with E-state index in [0.29, 0.717) is 17.1 Å². The monoisotopic (exact) mass is 529 g/mol. The smallest absolute Gasteiger partial charge is 0.268 e. The van der Waals surface area contributed by atoms with Crippen LogP contribution in [0.3, 0.4) is 0 Å². The minimum atomic E-state index is -3.60. The normalized spacial score (nSPS) is 11.9. The molecule has 0 aliphatic rings. The fourth-order valence-corrected chi connectivity index (χ4v) is 6.25. The van der Waals surface area contributed by atoms with Crippen molar-refractivity contribution in [2.45, 2.75) is 32.0 Å². The Bertz CT molecular complexity index is 1460. The number of benzene rings is 1. The molecule has 0 spiro atoms. The summed E-state index contributed by atoms with van der Waals surface area (Å²) in [5.41, 5.74) is 2.86. The van der Waals surface area contributed by atoms with E-state index in [2.05, 4.69) is 15.5 Å². The number of hydrogen-bond donors (Lipinski definition) is 1. The van der Waals surface area contributed by atoms with Crippen molar-refractivity contribution < 1.29 is 22.7 Å². The summed E-state index contributed by atoms with van der Waals surface area (Å²) in [7, 11) is -0.450. The van der Waals surface area contributed by atoms with Gasteiger partial charge in [-0.25, -0.2) is 8.42 Å². The zero-order valence-corrected chi connectivity index (χ0v) is 22.5. The Kier molecular flexibility index (Phi) is 8.17. The standard InChI is InChI=1S/C24H27N5O5S2/c1-14(2)13-36(31,32)24-28-27-23(35-24)26-22(30)18(12-25)10-17-9-15(3)29(16(17)4)20-11-19(33-5)7-8-21(20)34-6/h7-11,14H,13H2,1-6H3,(H,26,27,30). The number of nitrogens with one attached hydrogen (secondary N) is 1. The van der Waals surface area contributed by atoms with Crippen molar-refractivity contribution in [1.29, 1.82) is 5.26 Å². The van der Waals surface area contributed by atoms with Gasteiger partial charge in [-0.2, -0.15) is 5.26 Å². The van der Waals surface area contributed by atoms with E-state index in [0.717, 1.165) is 28.4 Å². The van der Waals surface area contributed by atoms with E-state index in [9.17, 15) is 18.5 Å². The van der Waals surface area contributed by atoms with Crippen molar-refractivity contribution >= 4 is 38.3 Å². The number of methoxy groups -OCH3 is 2. The lowest BCUT2D eigenvalue weighted by atomic mass is 10.1. The van der Waals surface area contributed by atoms with E-state index in [1.165, 1.54) is 6.08 Å². The summed E-state index contributed by atoms with van der Waals surface area (Å²) in [4.78, 5) is 12.8. The summed E-state index contributed by atoms with van der Waals surface area (Å²) < 4.78 is 37.3. The van der Waals surface area contributed by atoms with Crippen LogP contribution in [0, 0.1) is 31.1 Å². The van der Waals surface area contributed by atoms with Gasteiger partial charge in [-0.1, -0.05) is 25.2 Å². The number of amides is 1. The van der Waals surface area contributed by atoms with Gasteiger partial charge in [0.25, 0.3) is 5.91 Å². The molecule has 2 aromatic heterocycles. The summed E-state index contributed by atoms with van der Waals surface area (Å²) in [6.45, 7) is 7.33. The number of aromatic nitrogens is 3. The number of rotatable bonds is 9. The number of nitriles is 1. The molecule has 0 aliphatic carbocycles. The predicted molar refractivity (Wildman–Crippen MR) is 137 cm³/mol. The lowest BCUT2D eigenvalue weighted by molar-refractivity contribution is -0.112. The molecule has 0 fully saturated rings. The number of hydrogen-bond acceptors (Lipinski definition) is 9. The van der Waals surface area contributed by atoms with Crippen LogP contribution >= 0.6 is 11.3 Å². The van der Waals surface area contributed by atoms with Gasteiger partial charge in [0.15, 0.2) is 0 Å². The van der Waals surface area contributed by atoms with Crippen LogP contribution in [0.15, 0.2) is 34.2 Å². The SMILES string of the molecule is COc1ccc(OC)c(-n2c(C)cc(C=C(C#N)C(=O)Nc3nnc(S(=O)(=O)CC(C)C)s3)c2C)c1. The van der Waals surface area contributed by atoms with E-state index < -0.39 is 15.7 Å². The molecule has 0 bridgehead atoms. The quantitative estimate of drug-likeness (QED) is 0.250. The number of ether oxygens (including phenoxy) is 2. The Morgan fingerprint density at radius 1 is 1.22 bits per heavy atom. The maximum Gasteiger partial charge on any atom is 0.268 e. The van der Waals surface area contributed by atoms with Gasteiger partial charge in [-0.05, 0) is 49.6 Å². The number of carbonyl (C=O) groups excluding carboxylic acids is 1. The summed E-state index contributed by atoms with van der Waals surface area (Å²) in [5.74, 6) is 0.406. The van der Waals surface area contributed by atoms with Crippen molar-refractivity contribution in [2.75, 3.05) is 25.3 Å². The molecule has 3 rings (SSSR count). The van der Waals surface area contributed by atoms with E-state index in [4.69, 9.17) is 9.47 Å². The molecule has 1 N–H and O–H groups in total. The summed E-state index contributed by atoms with van der Waals surface area (Å²) in [5, 5.41) is 19.6. The lowest BCUT2D eigenvalue weighted by Gasteiger charge is -2.15. The first kappa shape index (κ1) is 26.9. The third kappa shape index (κ3) is 5.75. The fraction of sp³-hybridized carbons (Fsp3) is 0.333. The Balaban J connectivity index is 1.91. The zero-order valence-electron chi connectivity index (χ0n) is 20.8. The fourth-order valence-electron chi connectivity index (χ4n) is 3.64. The second kappa shape index (κ2) is 10.9. The number of anilines is 1. The molecule has 36 heavy (non-hydrogen) atoms. The molecule has 2 heterocycles. The topological polar surface area (TPSA) is 136 Å². The average Bonchev–Trinajstić information content (AvgIpc) is 3.40. The first-order valence-corrected chi connectivity index (χ1v) is 13.4. The largest absolute Gasteiger partial charge is 0.497 e. The van der Waals surface area contributed by atoms with Gasteiger partial charge in [0.1, 0.15) is 23.1 Å². The Morgan fingerprint density at radius 3 is 2.56 bits per heavy atom. The van der Waals surface area contributed by atoms with Gasteiger partial charge in [-0.3, -0.25) is 10.1 Å². The van der Waals surface area contributed by atoms with Crippen LogP contribution < -0.4 is 14.8 Å². The van der Waals surface area contributed by atoms with Crippen LogP contribution in [-0.2, 0) is 14.6 Å². The molecular formula is C24H27N5O5S2. The van der Waals surface area contributed by atoms with Crippen LogP contribution in [0.4, 0.5) is 5.13 Å². The minimum absolute atomic E-state index is 0.00456. The molecule has 12 heteroatoms. The highest BCUT2D eigenvalue weighted by Crippen LogP contribution is 2.32. The third-order valence-electron chi connectivity index (χ3n) is 5.21. The number of sulfone groups is 1. The number of carbonyl (C=O) groups is 1. The maximum absolute atomic E-state index is 12.8. The van der Waals surface area contributed by atoms with E-state index in [-0.39, 0.29) is 26.7 Å². The second-order valence-corrected chi connectivity index (χ2v) is 11.6. The van der Waals surface area contributed by atoms with Crippen LogP contribution in [0.5, 0.6) is 11.5 Å². The van der Waals surface area contributed by atoms with Crippen molar-refractivity contribution in [2.24, 2.45) is 5.92 Å². The van der Waals surface area contributed by atoms with Gasteiger partial charge < -0.3 is 14.0 Å². The molecular weight excluding hydrogens is 502 g/mol. The molecule has 10 nitrogen and oxygen atoms in total. The first-order chi connectivity index (χ1) is 17.0. The number of nitrogens with zero attached hydrogens (tertiary/aromatic N) is 4. The minimum Gasteiger partial charge on any atom is -0.497 e. The third-order valence-corrected chi connectivity index (χ3v) is 8.57. The first-order valence-electron chi connectivity index (χ1n) is 10.9. The van der Waals surface area contributed by atoms with Crippen molar-refractivity contribution in [1.82, 2.24) is 14.8 Å². The molecule has 0 atom stereocenters. The highest BCUT2D eigenvalue weighted by atomic mass is 32.2. The Labute approximate surface area is 214 Å². The summed E-state index contributed by atoms with van der Waals surface area (Å²) in [6.07, 6.45) is 1.47. The molecule has 0 aliphatic heterocycles. The van der Waals surface area contributed by atoms with Crippen molar-refractivity contribution in [3.8, 4) is 23.3 Å². The van der Waals surface area contributed by atoms with Crippen LogP contribution in [0.2, 0.25) is 0 Å². The van der Waals surface area contributed by atoms with Crippen molar-refractivity contribution in [3.05, 3.63) is 46.8 Å². The highest BCUT2D eigenvalue weighted by Gasteiger charge is 2.23. The van der Waals surface area contributed by atoms with Gasteiger partial charge in [-0.15, -0.1) is 10.2 Å². The second-order valence-electron chi connectivity index (χ2n) is 8.37. The van der Waals surface area contributed by atoms with Gasteiger partial charge in [0.2, 0.25) is 19.3 Å². The van der Waals surface area contributed by atoms with Crippen LogP contribution in [-0.4, -0.2) is 49.1 Å². The molecule has 0 radical (unpaired) electrons. The molecule has 0 unspecified atom stereocenters. The molecule has 1 aromatic carbocycles. The maximum atomic E-state index is 12.8. The van der Waals surface area contributed by atoms with E-state index in [1.54, 1.807) is 40.2 Å². The predicted octanol–water partition coefficient (Wildman–Crippen LogP) is 3.94. The van der Waals surface area contributed by atoms with Crippen LogP contribution in [0.25, 0.3) is 11.8 Å². The average molecular weight is 530 g/mol. The van der Waals surface area contributed by atoms with E-state index in [1.807, 2.05) is 36.6 Å². The molecule has 3 aromatic rings. The number of aryl methyl sites for hydroxylation is 1. The molecule has 0 saturated heterocycles. The van der Waals surface area contributed by atoms with Gasteiger partial charge >= 0.3 is 0 Å². The summed E-state index contributed by atoms with van der Waals surface area (Å²) in [6, 6.07) is 9.18. The molecule has 190 valence electrons. The lowest BCUT2D eigenvalue weighted by Crippen LogP contribution is -2.13. The Morgan fingerprint density at radius 2 is 1.94 bits per heavy atom. The van der Waals surface area contributed by atoms with Gasteiger partial charge in [0.05, 0.1) is 25.7 Å². The van der Waals surface area contributed by atoms with Gasteiger partial charge in [0, 0.05) is 17.5 Å². The highest BCUT2D eigenvalue weighted by molar-refractivity contribution is 7.93. The molecule has 1 amide bonds. The van der Waals surface area contributed by atoms with E-state index >= 15 is 0 Å². The van der Waals surface area contributed by atoms with Crippen LogP contribution in [0.1, 0.15) is 30.8 Å². The Hall–Kier alpha value is -3.69. The van der Waals surface area contributed by atoms with Crippen molar-refractivity contribution in [3.63, 3.8) is 0 Å². The summed E-state index contributed by atoms with van der Waals surface area (Å²) >= 11 is 0.750. The molecule has 0 saturated carbocycles.